The van der Waals surface area contributed by atoms with Crippen LogP contribution in [0.5, 0.6) is 0 Å². The molecular weight excluding hydrogens is 386 g/mol. The zero-order valence-corrected chi connectivity index (χ0v) is 16.8. The van der Waals surface area contributed by atoms with Crippen LogP contribution in [0.15, 0.2) is 47.4 Å². The van der Waals surface area contributed by atoms with Crippen molar-refractivity contribution < 1.29 is 13.2 Å². The number of hydrogen-bond donors (Lipinski definition) is 1. The molecule has 144 valence electrons. The highest BCUT2D eigenvalue weighted by Gasteiger charge is 2.24. The van der Waals surface area contributed by atoms with Crippen molar-refractivity contribution in [3.05, 3.63) is 58.6 Å². The van der Waals surface area contributed by atoms with E-state index in [4.69, 9.17) is 11.6 Å². The lowest BCUT2D eigenvalue weighted by molar-refractivity contribution is 0.0664. The molecule has 1 amide bonds. The Morgan fingerprint density at radius 2 is 1.67 bits per heavy atom. The highest BCUT2D eigenvalue weighted by molar-refractivity contribution is 7.92. The van der Waals surface area contributed by atoms with Crippen molar-refractivity contribution in [3.63, 3.8) is 0 Å². The van der Waals surface area contributed by atoms with E-state index in [0.29, 0.717) is 24.3 Å². The van der Waals surface area contributed by atoms with Crippen LogP contribution < -0.4 is 4.72 Å². The van der Waals surface area contributed by atoms with Crippen molar-refractivity contribution in [2.45, 2.75) is 11.8 Å². The minimum absolute atomic E-state index is 0.0736. The fourth-order valence-electron chi connectivity index (χ4n) is 2.87. The Labute approximate surface area is 164 Å². The molecule has 0 saturated carbocycles. The molecule has 1 aliphatic heterocycles. The topological polar surface area (TPSA) is 69.7 Å². The smallest absolute Gasteiger partial charge is 0.263 e. The summed E-state index contributed by atoms with van der Waals surface area (Å²) < 4.78 is 28.1. The van der Waals surface area contributed by atoms with Gasteiger partial charge in [-0.1, -0.05) is 29.3 Å². The van der Waals surface area contributed by atoms with Gasteiger partial charge in [-0.25, -0.2) is 8.42 Å². The lowest BCUT2D eigenvalue weighted by Crippen LogP contribution is -2.47. The molecule has 0 aliphatic carbocycles. The number of nitrogens with one attached hydrogen (secondary N) is 1. The number of sulfonamides is 1. The summed E-state index contributed by atoms with van der Waals surface area (Å²) in [5, 5.41) is 0.0736. The van der Waals surface area contributed by atoms with E-state index in [0.717, 1.165) is 18.7 Å². The summed E-state index contributed by atoms with van der Waals surface area (Å²) >= 11 is 6.13. The molecule has 2 aromatic carbocycles. The van der Waals surface area contributed by atoms with Crippen LogP contribution in [0.2, 0.25) is 5.02 Å². The number of rotatable bonds is 4. The van der Waals surface area contributed by atoms with Gasteiger partial charge in [0.1, 0.15) is 4.90 Å². The Morgan fingerprint density at radius 3 is 2.30 bits per heavy atom. The van der Waals surface area contributed by atoms with Crippen LogP contribution in [-0.4, -0.2) is 57.4 Å². The second-order valence-corrected chi connectivity index (χ2v) is 8.77. The molecule has 1 saturated heterocycles. The zero-order valence-electron chi connectivity index (χ0n) is 15.3. The van der Waals surface area contributed by atoms with E-state index >= 15 is 0 Å². The molecule has 3 rings (SSSR count). The Balaban J connectivity index is 1.86. The van der Waals surface area contributed by atoms with Gasteiger partial charge < -0.3 is 9.80 Å². The first kappa shape index (κ1) is 19.7. The quantitative estimate of drug-likeness (QED) is 0.846. The number of likely N-dealkylation sites (N-methyl/N-ethyl adjacent to an activating group) is 1. The minimum atomic E-state index is -3.91. The molecule has 0 unspecified atom stereocenters. The third-order valence-corrected chi connectivity index (χ3v) is 6.42. The first-order valence-corrected chi connectivity index (χ1v) is 10.5. The van der Waals surface area contributed by atoms with Gasteiger partial charge in [0.25, 0.3) is 15.9 Å². The van der Waals surface area contributed by atoms with E-state index in [1.54, 1.807) is 23.1 Å². The van der Waals surface area contributed by atoms with Gasteiger partial charge in [0, 0.05) is 37.4 Å². The number of amides is 1. The summed E-state index contributed by atoms with van der Waals surface area (Å²) in [5.74, 6) is -0.188. The highest BCUT2D eigenvalue weighted by Crippen LogP contribution is 2.26. The van der Waals surface area contributed by atoms with Crippen molar-refractivity contribution in [2.75, 3.05) is 37.9 Å². The molecule has 1 aliphatic rings. The number of anilines is 1. The Morgan fingerprint density at radius 1 is 1.04 bits per heavy atom. The standard InChI is InChI=1S/C19H22ClN3O3S/c1-14-3-6-16(7-4-14)21-27(25,26)18-13-15(5-8-17(18)20)19(24)23-11-9-22(2)10-12-23/h3-8,13,21H,9-12H2,1-2H3. The molecule has 0 radical (unpaired) electrons. The average Bonchev–Trinajstić information content (AvgIpc) is 2.64. The number of aryl methyl sites for hydroxylation is 1. The predicted octanol–water partition coefficient (Wildman–Crippen LogP) is 2.84. The monoisotopic (exact) mass is 407 g/mol. The summed E-state index contributed by atoms with van der Waals surface area (Å²) in [6, 6.07) is 11.3. The Bertz CT molecular complexity index is 937. The number of benzene rings is 2. The van der Waals surface area contributed by atoms with E-state index in [9.17, 15) is 13.2 Å². The molecule has 1 fully saturated rings. The van der Waals surface area contributed by atoms with Crippen LogP contribution >= 0.6 is 11.6 Å². The van der Waals surface area contributed by atoms with Crippen molar-refractivity contribution in [3.8, 4) is 0 Å². The van der Waals surface area contributed by atoms with Crippen LogP contribution in [-0.2, 0) is 10.0 Å². The van der Waals surface area contributed by atoms with E-state index in [1.807, 2.05) is 26.1 Å². The first-order valence-electron chi connectivity index (χ1n) is 8.63. The van der Waals surface area contributed by atoms with Gasteiger partial charge in [0.15, 0.2) is 0 Å². The first-order chi connectivity index (χ1) is 12.8. The Kier molecular flexibility index (Phi) is 5.74. The molecule has 0 bridgehead atoms. The number of carbonyl (C=O) groups is 1. The number of hydrogen-bond acceptors (Lipinski definition) is 4. The molecular formula is C19H22ClN3O3S. The fourth-order valence-corrected chi connectivity index (χ4v) is 4.45. The number of nitrogens with zero attached hydrogens (tertiary/aromatic N) is 2. The molecule has 6 nitrogen and oxygen atoms in total. The van der Waals surface area contributed by atoms with Crippen molar-refractivity contribution in [1.29, 1.82) is 0 Å². The second kappa shape index (κ2) is 7.88. The maximum Gasteiger partial charge on any atom is 0.263 e. The zero-order chi connectivity index (χ0) is 19.6. The molecule has 0 spiro atoms. The molecule has 0 aromatic heterocycles. The van der Waals surface area contributed by atoms with E-state index in [2.05, 4.69) is 9.62 Å². The number of halogens is 1. The van der Waals surface area contributed by atoms with Gasteiger partial charge in [-0.2, -0.15) is 0 Å². The number of carbonyl (C=O) groups excluding carboxylic acids is 1. The van der Waals surface area contributed by atoms with E-state index < -0.39 is 10.0 Å². The maximum atomic E-state index is 12.8. The molecule has 0 atom stereocenters. The average molecular weight is 408 g/mol. The summed E-state index contributed by atoms with van der Waals surface area (Å²) in [7, 11) is -1.91. The fraction of sp³-hybridized carbons (Fsp3) is 0.316. The van der Waals surface area contributed by atoms with Crippen molar-refractivity contribution in [2.24, 2.45) is 0 Å². The summed E-state index contributed by atoms with van der Waals surface area (Å²) in [6.45, 7) is 4.73. The normalized spacial score (nSPS) is 15.6. The maximum absolute atomic E-state index is 12.8. The molecule has 1 N–H and O–H groups in total. The van der Waals surface area contributed by atoms with Crippen molar-refractivity contribution in [1.82, 2.24) is 9.80 Å². The van der Waals surface area contributed by atoms with Gasteiger partial charge in [-0.15, -0.1) is 0 Å². The minimum Gasteiger partial charge on any atom is -0.336 e. The summed E-state index contributed by atoms with van der Waals surface area (Å²) in [4.78, 5) is 16.5. The van der Waals surface area contributed by atoms with Crippen molar-refractivity contribution >= 4 is 33.2 Å². The van der Waals surface area contributed by atoms with E-state index in [-0.39, 0.29) is 15.8 Å². The lowest BCUT2D eigenvalue weighted by atomic mass is 10.2. The highest BCUT2D eigenvalue weighted by atomic mass is 35.5. The van der Waals surface area contributed by atoms with Crippen LogP contribution in [0.4, 0.5) is 5.69 Å². The van der Waals surface area contributed by atoms with Crippen LogP contribution in [0.1, 0.15) is 15.9 Å². The molecule has 27 heavy (non-hydrogen) atoms. The third kappa shape index (κ3) is 4.61. The van der Waals surface area contributed by atoms with E-state index in [1.165, 1.54) is 12.1 Å². The van der Waals surface area contributed by atoms with Gasteiger partial charge in [0.2, 0.25) is 0 Å². The molecule has 8 heteroatoms. The van der Waals surface area contributed by atoms with Gasteiger partial charge in [-0.05, 0) is 44.3 Å². The summed E-state index contributed by atoms with van der Waals surface area (Å²) in [5.41, 5.74) is 1.77. The van der Waals surface area contributed by atoms with Crippen LogP contribution in [0, 0.1) is 6.92 Å². The van der Waals surface area contributed by atoms with Gasteiger partial charge in [-0.3, -0.25) is 9.52 Å². The lowest BCUT2D eigenvalue weighted by Gasteiger charge is -2.32. The molecule has 2 aromatic rings. The van der Waals surface area contributed by atoms with Gasteiger partial charge in [0.05, 0.1) is 5.02 Å². The second-order valence-electron chi connectivity index (χ2n) is 6.71. The molecule has 1 heterocycles. The van der Waals surface area contributed by atoms with Crippen LogP contribution in [0.25, 0.3) is 0 Å². The number of piperazine rings is 1. The Hall–Kier alpha value is -2.09. The summed E-state index contributed by atoms with van der Waals surface area (Å²) in [6.07, 6.45) is 0. The van der Waals surface area contributed by atoms with Crippen LogP contribution in [0.3, 0.4) is 0 Å². The largest absolute Gasteiger partial charge is 0.336 e. The van der Waals surface area contributed by atoms with Gasteiger partial charge >= 0.3 is 0 Å². The third-order valence-electron chi connectivity index (χ3n) is 4.56. The predicted molar refractivity (Wildman–Crippen MR) is 107 cm³/mol. The SMILES string of the molecule is Cc1ccc(NS(=O)(=O)c2cc(C(=O)N3CCN(C)CC3)ccc2Cl)cc1.